The quantitative estimate of drug-likeness (QED) is 0.351. The van der Waals surface area contributed by atoms with Crippen LogP contribution in [0.15, 0.2) is 36.4 Å². The monoisotopic (exact) mass is 595 g/mol. The van der Waals surface area contributed by atoms with Crippen molar-refractivity contribution in [3.05, 3.63) is 75.6 Å². The van der Waals surface area contributed by atoms with Crippen molar-refractivity contribution in [1.29, 1.82) is 5.26 Å². The van der Waals surface area contributed by atoms with Crippen LogP contribution >= 0.6 is 0 Å². The van der Waals surface area contributed by atoms with Gasteiger partial charge in [-0.25, -0.2) is 0 Å². The molecule has 44 heavy (non-hydrogen) atoms. The molecule has 0 unspecified atom stereocenters. The Labute approximate surface area is 256 Å². The Kier molecular flexibility index (Phi) is 7.67. The molecule has 3 N–H and O–H groups in total. The molecule has 1 aliphatic heterocycles. The normalized spacial score (nSPS) is 21.6. The zero-order chi connectivity index (χ0) is 31.2. The number of carbonyl (C=O) groups is 3. The summed E-state index contributed by atoms with van der Waals surface area (Å²) in [7, 11) is 4.94. The van der Waals surface area contributed by atoms with Crippen molar-refractivity contribution in [3.63, 3.8) is 0 Å². The van der Waals surface area contributed by atoms with Gasteiger partial charge in [-0.05, 0) is 96.7 Å². The average Bonchev–Trinajstić information content (AvgIpc) is 3.53. The van der Waals surface area contributed by atoms with E-state index in [1.165, 1.54) is 4.80 Å². The molecule has 3 amide bonds. The third-order valence-corrected chi connectivity index (χ3v) is 9.42. The summed E-state index contributed by atoms with van der Waals surface area (Å²) in [4.78, 5) is 41.8. The fourth-order valence-corrected chi connectivity index (χ4v) is 7.24. The fraction of sp³-hybridized carbons (Fsp3) is 0.469. The number of carbonyl (C=O) groups excluding carboxylic acids is 3. The number of aryl methyl sites for hydroxylation is 3. The van der Waals surface area contributed by atoms with Crippen LogP contribution in [0.25, 0.3) is 0 Å². The molecule has 2 heterocycles. The van der Waals surface area contributed by atoms with Gasteiger partial charge >= 0.3 is 0 Å². The van der Waals surface area contributed by atoms with Gasteiger partial charge in [0.15, 0.2) is 5.82 Å². The van der Waals surface area contributed by atoms with Gasteiger partial charge in [-0.3, -0.25) is 14.4 Å². The number of nitrogens with zero attached hydrogens (tertiary/aromatic N) is 6. The van der Waals surface area contributed by atoms with Gasteiger partial charge < -0.3 is 20.9 Å². The van der Waals surface area contributed by atoms with Gasteiger partial charge in [0.2, 0.25) is 5.91 Å². The Bertz CT molecular complexity index is 1610. The molecule has 0 spiro atoms. The summed E-state index contributed by atoms with van der Waals surface area (Å²) in [5, 5.41) is 32.0. The second kappa shape index (κ2) is 11.5. The van der Waals surface area contributed by atoms with Crippen LogP contribution in [0.3, 0.4) is 0 Å². The van der Waals surface area contributed by atoms with Crippen LogP contribution in [0.4, 0.5) is 0 Å². The molecule has 1 aromatic heterocycles. The van der Waals surface area contributed by atoms with E-state index < -0.39 is 5.41 Å². The molecule has 0 bridgehead atoms. The molecular formula is C32H37N9O3. The second-order valence-corrected chi connectivity index (χ2v) is 12.1. The van der Waals surface area contributed by atoms with Gasteiger partial charge in [0, 0.05) is 37.3 Å². The number of benzene rings is 2. The molecule has 1 saturated carbocycles. The molecule has 12 heteroatoms. The largest absolute Gasteiger partial charge is 0.355 e. The average molecular weight is 596 g/mol. The maximum absolute atomic E-state index is 13.3. The van der Waals surface area contributed by atoms with Gasteiger partial charge in [-0.15, -0.1) is 10.2 Å². The van der Waals surface area contributed by atoms with Gasteiger partial charge in [0.1, 0.15) is 6.04 Å². The van der Waals surface area contributed by atoms with E-state index in [9.17, 15) is 19.6 Å². The minimum atomic E-state index is -0.905. The van der Waals surface area contributed by atoms with Gasteiger partial charge in [-0.2, -0.15) is 10.1 Å². The number of tetrazole rings is 1. The highest BCUT2D eigenvalue weighted by atomic mass is 16.2. The Hall–Kier alpha value is -4.63. The van der Waals surface area contributed by atoms with Crippen LogP contribution in [0.5, 0.6) is 0 Å². The van der Waals surface area contributed by atoms with Crippen molar-refractivity contribution >= 4 is 17.7 Å². The summed E-state index contributed by atoms with van der Waals surface area (Å²) >= 11 is 0. The predicted molar refractivity (Wildman–Crippen MR) is 161 cm³/mol. The number of amides is 3. The lowest BCUT2D eigenvalue weighted by Gasteiger charge is -2.36. The van der Waals surface area contributed by atoms with Crippen molar-refractivity contribution in [1.82, 2.24) is 41.1 Å². The maximum Gasteiger partial charge on any atom is 0.251 e. The minimum absolute atomic E-state index is 0.0628. The second-order valence-electron chi connectivity index (χ2n) is 12.1. The first kappa shape index (κ1) is 29.4. The maximum atomic E-state index is 13.3. The van der Waals surface area contributed by atoms with Crippen molar-refractivity contribution < 1.29 is 14.4 Å². The van der Waals surface area contributed by atoms with Crippen LogP contribution in [0.1, 0.15) is 75.0 Å². The van der Waals surface area contributed by atoms with E-state index in [1.807, 2.05) is 43.3 Å². The van der Waals surface area contributed by atoms with Crippen molar-refractivity contribution in [2.24, 2.45) is 13.0 Å². The van der Waals surface area contributed by atoms with Crippen LogP contribution in [-0.4, -0.2) is 81.6 Å². The third-order valence-electron chi connectivity index (χ3n) is 9.42. The molecule has 228 valence electrons. The Balaban J connectivity index is 1.43. The predicted octanol–water partition coefficient (Wildman–Crippen LogP) is 1.24. The molecule has 3 aliphatic rings. The lowest BCUT2D eigenvalue weighted by molar-refractivity contribution is -0.131. The first-order valence-corrected chi connectivity index (χ1v) is 15.1. The molecule has 12 nitrogen and oxygen atoms in total. The lowest BCUT2D eigenvalue weighted by atomic mass is 9.67. The summed E-state index contributed by atoms with van der Waals surface area (Å²) in [5.41, 5.74) is 4.07. The number of rotatable bonds is 8. The minimum Gasteiger partial charge on any atom is -0.355 e. The van der Waals surface area contributed by atoms with Crippen LogP contribution in [-0.2, 0) is 30.1 Å². The number of aromatic nitrogens is 4. The Morgan fingerprint density at radius 2 is 1.64 bits per heavy atom. The van der Waals surface area contributed by atoms with E-state index in [-0.39, 0.29) is 42.4 Å². The number of hydrogen-bond acceptors (Lipinski definition) is 8. The molecule has 1 saturated heterocycles. The SMILES string of the molecule is CNC(=O)c1ccc2c(c1)CCc1cc(C(=O)NC)ccc1C2(C[C@@H](C)NCC(=O)N1[C@H](C#N)C[C@@H]2C[C@@H]21)c1nnn(C)n1. The number of hydrogen-bond donors (Lipinski definition) is 3. The van der Waals surface area contributed by atoms with Gasteiger partial charge in [0.05, 0.1) is 25.1 Å². The zero-order valence-electron chi connectivity index (χ0n) is 25.4. The van der Waals surface area contributed by atoms with Crippen molar-refractivity contribution in [2.45, 2.75) is 62.6 Å². The fourth-order valence-electron chi connectivity index (χ4n) is 7.24. The number of nitrogens with one attached hydrogen (secondary N) is 3. The molecular weight excluding hydrogens is 558 g/mol. The van der Waals surface area contributed by atoms with E-state index in [1.54, 1.807) is 26.0 Å². The van der Waals surface area contributed by atoms with E-state index >= 15 is 0 Å². The van der Waals surface area contributed by atoms with E-state index in [2.05, 4.69) is 32.3 Å². The zero-order valence-corrected chi connectivity index (χ0v) is 25.4. The van der Waals surface area contributed by atoms with Gasteiger partial charge in [0.25, 0.3) is 11.8 Å². The van der Waals surface area contributed by atoms with E-state index in [0.717, 1.165) is 35.1 Å². The van der Waals surface area contributed by atoms with Crippen molar-refractivity contribution in [2.75, 3.05) is 20.6 Å². The van der Waals surface area contributed by atoms with E-state index in [4.69, 9.17) is 5.10 Å². The van der Waals surface area contributed by atoms with Crippen molar-refractivity contribution in [3.8, 4) is 6.07 Å². The highest BCUT2D eigenvalue weighted by Crippen LogP contribution is 2.48. The smallest absolute Gasteiger partial charge is 0.251 e. The Morgan fingerprint density at radius 3 is 2.16 bits per heavy atom. The van der Waals surface area contributed by atoms with Crippen LogP contribution in [0, 0.1) is 17.2 Å². The number of nitriles is 1. The molecule has 3 aromatic rings. The first-order chi connectivity index (χ1) is 21.2. The highest BCUT2D eigenvalue weighted by molar-refractivity contribution is 5.95. The van der Waals surface area contributed by atoms with Gasteiger partial charge in [-0.1, -0.05) is 12.1 Å². The van der Waals surface area contributed by atoms with E-state index in [0.29, 0.717) is 42.1 Å². The Morgan fingerprint density at radius 1 is 1.02 bits per heavy atom. The van der Waals surface area contributed by atoms with Crippen LogP contribution < -0.4 is 16.0 Å². The highest BCUT2D eigenvalue weighted by Gasteiger charge is 2.54. The molecule has 2 aliphatic carbocycles. The number of fused-ring (bicyclic) bond motifs is 3. The molecule has 2 aromatic carbocycles. The first-order valence-electron chi connectivity index (χ1n) is 15.1. The standard InChI is InChI=1S/C32H37N9O3/c1-18(36-17-28(42)41-24(16-33)13-23-14-27(23)41)15-32(31-37-39-40(4)38-31)25-9-7-21(29(43)34-2)11-19(25)5-6-20-12-22(30(44)35-3)8-10-26(20)32/h7-12,18,23-24,27,36H,5-6,13-15,17H2,1-4H3,(H,34,43)(H,35,44)/t18-,23-,24+,27+/m1/s1. The molecule has 4 atom stereocenters. The summed E-state index contributed by atoms with van der Waals surface area (Å²) in [6.07, 6.45) is 3.48. The summed E-state index contributed by atoms with van der Waals surface area (Å²) < 4.78 is 0. The molecule has 6 rings (SSSR count). The summed E-state index contributed by atoms with van der Waals surface area (Å²) in [6.45, 7) is 2.14. The van der Waals surface area contributed by atoms with Crippen LogP contribution in [0.2, 0.25) is 0 Å². The summed E-state index contributed by atoms with van der Waals surface area (Å²) in [5.74, 6) is 0.527. The summed E-state index contributed by atoms with van der Waals surface area (Å²) in [6, 6.07) is 13.4. The lowest BCUT2D eigenvalue weighted by Crippen LogP contribution is -2.46. The topological polar surface area (TPSA) is 158 Å². The third kappa shape index (κ3) is 5.01. The molecule has 2 fully saturated rings. The number of likely N-dealkylation sites (tertiary alicyclic amines) is 1. The number of piperidine rings is 1. The molecule has 0 radical (unpaired) electrons.